The number of aromatic nitrogens is 3. The number of ether oxygens (including phenoxy) is 2. The molecule has 2 heterocycles. The van der Waals surface area contributed by atoms with Crippen molar-refractivity contribution in [1.82, 2.24) is 14.5 Å². The quantitative estimate of drug-likeness (QED) is 0.401. The third-order valence-corrected chi connectivity index (χ3v) is 4.63. The number of H-pyrrole nitrogens is 1. The highest BCUT2D eigenvalue weighted by Crippen LogP contribution is 2.24. The van der Waals surface area contributed by atoms with Gasteiger partial charge in [0.1, 0.15) is 12.1 Å². The molecule has 0 aliphatic carbocycles. The third-order valence-electron chi connectivity index (χ3n) is 4.63. The second-order valence-corrected chi connectivity index (χ2v) is 6.59. The summed E-state index contributed by atoms with van der Waals surface area (Å²) in [6.07, 6.45) is 4.69. The summed E-state index contributed by atoms with van der Waals surface area (Å²) in [6.45, 7) is 1.60. The maximum Gasteiger partial charge on any atom is 0.358 e. The highest BCUT2D eigenvalue weighted by molar-refractivity contribution is 6.09. The SMILES string of the molecule is COc1ccc(C)cc1-n1cnc(C(=O)OCC(=O)c2c[nH]c3ccccc23)c1. The lowest BCUT2D eigenvalue weighted by Crippen LogP contribution is -2.14. The van der Waals surface area contributed by atoms with E-state index in [0.29, 0.717) is 11.3 Å². The van der Waals surface area contributed by atoms with Crippen LogP contribution in [0.2, 0.25) is 0 Å². The van der Waals surface area contributed by atoms with Gasteiger partial charge in [-0.25, -0.2) is 9.78 Å². The summed E-state index contributed by atoms with van der Waals surface area (Å²) in [5.74, 6) is -0.290. The van der Waals surface area contributed by atoms with Gasteiger partial charge in [-0.05, 0) is 30.7 Å². The van der Waals surface area contributed by atoms with Crippen molar-refractivity contribution < 1.29 is 19.1 Å². The third kappa shape index (κ3) is 3.62. The van der Waals surface area contributed by atoms with Crippen LogP contribution in [-0.4, -0.2) is 40.0 Å². The highest BCUT2D eigenvalue weighted by Gasteiger charge is 2.17. The van der Waals surface area contributed by atoms with Crippen molar-refractivity contribution in [3.63, 3.8) is 0 Å². The number of carbonyl (C=O) groups excluding carboxylic acids is 2. The van der Waals surface area contributed by atoms with E-state index in [1.165, 1.54) is 6.33 Å². The topological polar surface area (TPSA) is 86.2 Å². The summed E-state index contributed by atoms with van der Waals surface area (Å²) in [7, 11) is 1.58. The minimum Gasteiger partial charge on any atom is -0.495 e. The Bertz CT molecular complexity index is 1210. The average Bonchev–Trinajstić information content (AvgIpc) is 3.39. The van der Waals surface area contributed by atoms with E-state index < -0.39 is 5.97 Å². The van der Waals surface area contributed by atoms with E-state index in [2.05, 4.69) is 9.97 Å². The average molecular weight is 389 g/mol. The Morgan fingerprint density at radius 3 is 2.83 bits per heavy atom. The number of para-hydroxylation sites is 1. The number of hydrogen-bond acceptors (Lipinski definition) is 5. The van der Waals surface area contributed by atoms with E-state index in [1.807, 2.05) is 49.4 Å². The number of rotatable bonds is 6. The second-order valence-electron chi connectivity index (χ2n) is 6.59. The van der Waals surface area contributed by atoms with Crippen LogP contribution in [0.15, 0.2) is 61.2 Å². The summed E-state index contributed by atoms with van der Waals surface area (Å²) in [4.78, 5) is 32.0. The van der Waals surface area contributed by atoms with Crippen molar-refractivity contribution in [2.45, 2.75) is 6.92 Å². The van der Waals surface area contributed by atoms with Gasteiger partial charge in [0, 0.05) is 28.9 Å². The molecular weight excluding hydrogens is 370 g/mol. The van der Waals surface area contributed by atoms with Crippen molar-refractivity contribution in [3.8, 4) is 11.4 Å². The summed E-state index contributed by atoms with van der Waals surface area (Å²) >= 11 is 0. The molecule has 0 atom stereocenters. The van der Waals surface area contributed by atoms with Crippen LogP contribution in [0.4, 0.5) is 0 Å². The first-order valence-corrected chi connectivity index (χ1v) is 9.02. The fraction of sp³-hybridized carbons (Fsp3) is 0.136. The monoisotopic (exact) mass is 389 g/mol. The van der Waals surface area contributed by atoms with E-state index in [1.54, 1.807) is 24.1 Å². The molecule has 2 aromatic heterocycles. The number of nitrogens with one attached hydrogen (secondary N) is 1. The predicted molar refractivity (Wildman–Crippen MR) is 108 cm³/mol. The van der Waals surface area contributed by atoms with Gasteiger partial charge in [0.15, 0.2) is 12.3 Å². The lowest BCUT2D eigenvalue weighted by molar-refractivity contribution is 0.0470. The Morgan fingerprint density at radius 1 is 1.17 bits per heavy atom. The molecule has 1 N–H and O–H groups in total. The molecule has 0 bridgehead atoms. The smallest absolute Gasteiger partial charge is 0.358 e. The molecule has 7 heteroatoms. The molecule has 2 aromatic carbocycles. The Morgan fingerprint density at radius 2 is 2.00 bits per heavy atom. The van der Waals surface area contributed by atoms with Crippen LogP contribution < -0.4 is 4.74 Å². The first-order chi connectivity index (χ1) is 14.1. The Balaban J connectivity index is 1.47. The number of ketones is 1. The molecule has 0 aliphatic rings. The van der Waals surface area contributed by atoms with E-state index >= 15 is 0 Å². The molecule has 0 unspecified atom stereocenters. The van der Waals surface area contributed by atoms with Crippen LogP contribution in [0.25, 0.3) is 16.6 Å². The first kappa shape index (κ1) is 18.5. The van der Waals surface area contributed by atoms with Crippen LogP contribution in [0, 0.1) is 6.92 Å². The number of aromatic amines is 1. The molecule has 0 radical (unpaired) electrons. The standard InChI is InChI=1S/C22H19N3O4/c1-14-7-8-21(28-2)19(9-14)25-11-18(24-13-25)22(27)29-12-20(26)16-10-23-17-6-4-3-5-15(16)17/h3-11,13,23H,12H2,1-2H3. The molecule has 146 valence electrons. The van der Waals surface area contributed by atoms with Crippen LogP contribution in [-0.2, 0) is 4.74 Å². The van der Waals surface area contributed by atoms with Gasteiger partial charge in [0.2, 0.25) is 5.78 Å². The molecule has 0 fully saturated rings. The minimum atomic E-state index is -0.663. The van der Waals surface area contributed by atoms with Crippen molar-refractivity contribution in [2.24, 2.45) is 0 Å². The number of nitrogens with zero attached hydrogens (tertiary/aromatic N) is 2. The van der Waals surface area contributed by atoms with Gasteiger partial charge in [-0.3, -0.25) is 4.79 Å². The van der Waals surface area contributed by atoms with Crippen LogP contribution >= 0.6 is 0 Å². The van der Waals surface area contributed by atoms with E-state index in [4.69, 9.17) is 9.47 Å². The maximum atomic E-state index is 12.5. The number of Topliss-reactive ketones (excluding diaryl/α,β-unsaturated/α-hetero) is 1. The zero-order valence-electron chi connectivity index (χ0n) is 16.0. The fourth-order valence-electron chi connectivity index (χ4n) is 3.15. The van der Waals surface area contributed by atoms with Gasteiger partial charge in [-0.15, -0.1) is 0 Å². The van der Waals surface area contributed by atoms with E-state index in [-0.39, 0.29) is 18.1 Å². The number of fused-ring (bicyclic) bond motifs is 1. The molecule has 0 saturated carbocycles. The van der Waals surface area contributed by atoms with Crippen LogP contribution in [0.3, 0.4) is 0 Å². The Labute approximate surface area is 166 Å². The van der Waals surface area contributed by atoms with E-state index in [9.17, 15) is 9.59 Å². The van der Waals surface area contributed by atoms with Gasteiger partial charge in [-0.1, -0.05) is 24.3 Å². The normalized spacial score (nSPS) is 10.8. The minimum absolute atomic E-state index is 0.111. The lowest BCUT2D eigenvalue weighted by atomic mass is 10.1. The Kier molecular flexibility index (Phi) is 4.87. The molecule has 0 saturated heterocycles. The van der Waals surface area contributed by atoms with Gasteiger partial charge < -0.3 is 19.0 Å². The maximum absolute atomic E-state index is 12.5. The number of imidazole rings is 1. The van der Waals surface area contributed by atoms with E-state index in [0.717, 1.165) is 22.2 Å². The number of hydrogen-bond donors (Lipinski definition) is 1. The van der Waals surface area contributed by atoms with Gasteiger partial charge in [0.05, 0.1) is 12.8 Å². The number of aryl methyl sites for hydroxylation is 1. The molecule has 7 nitrogen and oxygen atoms in total. The zero-order valence-corrected chi connectivity index (χ0v) is 16.0. The molecule has 0 amide bonds. The number of methoxy groups -OCH3 is 1. The summed E-state index contributed by atoms with van der Waals surface area (Å²) in [5.41, 5.74) is 3.26. The van der Waals surface area contributed by atoms with Crippen LogP contribution in [0.1, 0.15) is 26.4 Å². The lowest BCUT2D eigenvalue weighted by Gasteiger charge is -2.09. The summed E-state index contributed by atoms with van der Waals surface area (Å²) in [6, 6.07) is 13.2. The van der Waals surface area contributed by atoms with Crippen LogP contribution in [0.5, 0.6) is 5.75 Å². The molecule has 0 spiro atoms. The van der Waals surface area contributed by atoms with Gasteiger partial charge in [0.25, 0.3) is 0 Å². The molecule has 4 aromatic rings. The van der Waals surface area contributed by atoms with Gasteiger partial charge >= 0.3 is 5.97 Å². The molecular formula is C22H19N3O4. The summed E-state index contributed by atoms with van der Waals surface area (Å²) < 4.78 is 12.2. The molecule has 4 rings (SSSR count). The predicted octanol–water partition coefficient (Wildman–Crippen LogP) is 3.71. The molecule has 29 heavy (non-hydrogen) atoms. The number of esters is 1. The highest BCUT2D eigenvalue weighted by atomic mass is 16.5. The molecule has 0 aliphatic heterocycles. The first-order valence-electron chi connectivity index (χ1n) is 9.02. The van der Waals surface area contributed by atoms with Gasteiger partial charge in [-0.2, -0.15) is 0 Å². The fourth-order valence-corrected chi connectivity index (χ4v) is 3.15. The largest absolute Gasteiger partial charge is 0.495 e. The van der Waals surface area contributed by atoms with Crippen molar-refractivity contribution in [3.05, 3.63) is 78.0 Å². The number of carbonyl (C=O) groups is 2. The van der Waals surface area contributed by atoms with Crippen molar-refractivity contribution in [2.75, 3.05) is 13.7 Å². The Hall–Kier alpha value is -3.87. The second kappa shape index (κ2) is 7.63. The summed E-state index contributed by atoms with van der Waals surface area (Å²) in [5, 5.41) is 0.796. The zero-order chi connectivity index (χ0) is 20.4. The number of benzene rings is 2. The van der Waals surface area contributed by atoms with Crippen molar-refractivity contribution >= 4 is 22.7 Å². The van der Waals surface area contributed by atoms with Crippen molar-refractivity contribution in [1.29, 1.82) is 0 Å².